The van der Waals surface area contributed by atoms with Crippen LogP contribution < -0.4 is 0 Å². The molecule has 12 heavy (non-hydrogen) atoms. The van der Waals surface area contributed by atoms with Crippen LogP contribution in [0.1, 0.15) is 12.2 Å². The molecule has 0 radical (unpaired) electrons. The first-order valence-electron chi connectivity index (χ1n) is 4.14. The quantitative estimate of drug-likeness (QED) is 0.687. The van der Waals surface area contributed by atoms with Gasteiger partial charge in [0.1, 0.15) is 0 Å². The Kier molecular flexibility index (Phi) is 2.10. The van der Waals surface area contributed by atoms with Crippen LogP contribution in [0.15, 0.2) is 16.8 Å². The van der Waals surface area contributed by atoms with Gasteiger partial charge in [-0.2, -0.15) is 0 Å². The van der Waals surface area contributed by atoms with Gasteiger partial charge in [0.25, 0.3) is 0 Å². The zero-order valence-corrected chi connectivity index (χ0v) is 6.81. The Hall–Kier alpha value is -0.870. The molecule has 1 aliphatic heterocycles. The largest absolute Gasteiger partial charge is 0.392 e. The van der Waals surface area contributed by atoms with Crippen LogP contribution >= 0.6 is 0 Å². The summed E-state index contributed by atoms with van der Waals surface area (Å²) in [6.45, 7) is 2.46. The highest BCUT2D eigenvalue weighted by molar-refractivity contribution is 4.93. The van der Waals surface area contributed by atoms with Gasteiger partial charge in [0.2, 0.25) is 0 Å². The average Bonchev–Trinajstić information content (AvgIpc) is 2.63. The fourth-order valence-electron chi connectivity index (χ4n) is 1.50. The van der Waals surface area contributed by atoms with E-state index in [1.807, 2.05) is 6.07 Å². The zero-order chi connectivity index (χ0) is 8.39. The molecule has 1 aromatic rings. The summed E-state index contributed by atoms with van der Waals surface area (Å²) in [5.74, 6) is 0.865. The standard InChI is InChI=1S/C8H12N2O2/c11-7-2-4-10(5-7)6-8-1-3-9-12-8/h1,3,7,11H,2,4-6H2/t7-/m1/s1. The van der Waals surface area contributed by atoms with E-state index < -0.39 is 0 Å². The second-order valence-corrected chi connectivity index (χ2v) is 3.16. The molecule has 66 valence electrons. The number of hydrogen-bond donors (Lipinski definition) is 1. The first-order valence-corrected chi connectivity index (χ1v) is 4.14. The number of rotatable bonds is 2. The number of β-amino-alcohol motifs (C(OH)–C–C–N with tert-alkyl or cyclic N) is 1. The lowest BCUT2D eigenvalue weighted by Gasteiger charge is -2.11. The Bertz CT molecular complexity index is 235. The molecule has 1 aromatic heterocycles. The van der Waals surface area contributed by atoms with E-state index in [0.29, 0.717) is 0 Å². The smallest absolute Gasteiger partial charge is 0.150 e. The van der Waals surface area contributed by atoms with Gasteiger partial charge in [-0.15, -0.1) is 0 Å². The van der Waals surface area contributed by atoms with Crippen molar-refractivity contribution < 1.29 is 9.63 Å². The molecule has 0 amide bonds. The van der Waals surface area contributed by atoms with Crippen LogP contribution in [-0.4, -0.2) is 34.4 Å². The summed E-state index contributed by atoms with van der Waals surface area (Å²) < 4.78 is 4.96. The van der Waals surface area contributed by atoms with E-state index >= 15 is 0 Å². The number of hydrogen-bond acceptors (Lipinski definition) is 4. The van der Waals surface area contributed by atoms with E-state index in [-0.39, 0.29) is 6.10 Å². The fraction of sp³-hybridized carbons (Fsp3) is 0.625. The molecule has 1 N–H and O–H groups in total. The highest BCUT2D eigenvalue weighted by Gasteiger charge is 2.20. The lowest BCUT2D eigenvalue weighted by Crippen LogP contribution is -2.21. The van der Waals surface area contributed by atoms with Gasteiger partial charge in [-0.1, -0.05) is 5.16 Å². The Balaban J connectivity index is 1.88. The molecule has 2 heterocycles. The zero-order valence-electron chi connectivity index (χ0n) is 6.81. The van der Waals surface area contributed by atoms with Crippen LogP contribution in [0.2, 0.25) is 0 Å². The maximum absolute atomic E-state index is 9.24. The van der Waals surface area contributed by atoms with Gasteiger partial charge < -0.3 is 9.63 Å². The molecule has 0 saturated carbocycles. The van der Waals surface area contributed by atoms with Crippen molar-refractivity contribution in [1.82, 2.24) is 10.1 Å². The molecule has 0 bridgehead atoms. The Morgan fingerprint density at radius 3 is 3.25 bits per heavy atom. The topological polar surface area (TPSA) is 49.5 Å². The van der Waals surface area contributed by atoms with Crippen LogP contribution in [0.4, 0.5) is 0 Å². The van der Waals surface area contributed by atoms with Crippen molar-refractivity contribution in [3.8, 4) is 0 Å². The van der Waals surface area contributed by atoms with E-state index in [1.165, 1.54) is 0 Å². The van der Waals surface area contributed by atoms with Crippen LogP contribution in [0.25, 0.3) is 0 Å². The van der Waals surface area contributed by atoms with Crippen molar-refractivity contribution in [2.75, 3.05) is 13.1 Å². The molecule has 0 spiro atoms. The monoisotopic (exact) mass is 168 g/mol. The molecule has 1 saturated heterocycles. The second kappa shape index (κ2) is 3.25. The summed E-state index contributed by atoms with van der Waals surface area (Å²) in [5, 5.41) is 12.9. The Labute approximate surface area is 70.8 Å². The maximum Gasteiger partial charge on any atom is 0.150 e. The molecule has 4 heteroatoms. The molecular weight excluding hydrogens is 156 g/mol. The molecule has 1 atom stereocenters. The van der Waals surface area contributed by atoms with Crippen LogP contribution in [0.3, 0.4) is 0 Å². The molecule has 0 aromatic carbocycles. The van der Waals surface area contributed by atoms with Crippen molar-refractivity contribution in [2.24, 2.45) is 0 Å². The first-order chi connectivity index (χ1) is 5.84. The molecule has 0 unspecified atom stereocenters. The lowest BCUT2D eigenvalue weighted by molar-refractivity contribution is 0.170. The van der Waals surface area contributed by atoms with Crippen LogP contribution in [0.5, 0.6) is 0 Å². The van der Waals surface area contributed by atoms with Crippen molar-refractivity contribution in [3.05, 3.63) is 18.0 Å². The van der Waals surface area contributed by atoms with Crippen molar-refractivity contribution >= 4 is 0 Å². The second-order valence-electron chi connectivity index (χ2n) is 3.16. The van der Waals surface area contributed by atoms with Crippen molar-refractivity contribution in [3.63, 3.8) is 0 Å². The van der Waals surface area contributed by atoms with E-state index in [9.17, 15) is 5.11 Å². The summed E-state index contributed by atoms with van der Waals surface area (Å²) in [6.07, 6.45) is 2.35. The summed E-state index contributed by atoms with van der Waals surface area (Å²) in [7, 11) is 0. The third-order valence-electron chi connectivity index (χ3n) is 2.12. The van der Waals surface area contributed by atoms with Gasteiger partial charge in [0.15, 0.2) is 5.76 Å². The molecule has 1 fully saturated rings. The van der Waals surface area contributed by atoms with Crippen LogP contribution in [0, 0.1) is 0 Å². The minimum absolute atomic E-state index is 0.159. The van der Waals surface area contributed by atoms with Gasteiger partial charge >= 0.3 is 0 Å². The van der Waals surface area contributed by atoms with Crippen molar-refractivity contribution in [2.45, 2.75) is 19.1 Å². The Morgan fingerprint density at radius 1 is 1.75 bits per heavy atom. The minimum Gasteiger partial charge on any atom is -0.392 e. The predicted molar refractivity (Wildman–Crippen MR) is 42.4 cm³/mol. The van der Waals surface area contributed by atoms with Crippen molar-refractivity contribution in [1.29, 1.82) is 0 Å². The summed E-state index contributed by atoms with van der Waals surface area (Å²) in [5.41, 5.74) is 0. The SMILES string of the molecule is O[C@@H]1CCN(Cc2ccno2)C1. The minimum atomic E-state index is -0.159. The molecule has 2 rings (SSSR count). The summed E-state index contributed by atoms with van der Waals surface area (Å²) in [6, 6.07) is 1.85. The first kappa shape index (κ1) is 7.76. The molecule has 1 aliphatic rings. The van der Waals surface area contributed by atoms with Gasteiger partial charge in [-0.05, 0) is 6.42 Å². The predicted octanol–water partition coefficient (Wildman–Crippen LogP) is 0.241. The van der Waals surface area contributed by atoms with Gasteiger partial charge in [0.05, 0.1) is 18.8 Å². The highest BCUT2D eigenvalue weighted by Crippen LogP contribution is 2.12. The number of likely N-dealkylation sites (tertiary alicyclic amines) is 1. The number of nitrogens with zero attached hydrogens (tertiary/aromatic N) is 2. The number of aliphatic hydroxyl groups is 1. The van der Waals surface area contributed by atoms with E-state index in [2.05, 4.69) is 10.1 Å². The number of aliphatic hydroxyl groups excluding tert-OH is 1. The molecular formula is C8H12N2O2. The third kappa shape index (κ3) is 1.65. The van der Waals surface area contributed by atoms with Gasteiger partial charge in [-0.3, -0.25) is 4.90 Å². The summed E-state index contributed by atoms with van der Waals surface area (Å²) in [4.78, 5) is 2.16. The van der Waals surface area contributed by atoms with Gasteiger partial charge in [-0.25, -0.2) is 0 Å². The lowest BCUT2D eigenvalue weighted by atomic mass is 10.3. The normalized spacial score (nSPS) is 24.9. The maximum atomic E-state index is 9.24. The van der Waals surface area contributed by atoms with E-state index in [1.54, 1.807) is 6.20 Å². The molecule has 4 nitrogen and oxygen atoms in total. The van der Waals surface area contributed by atoms with E-state index in [0.717, 1.165) is 31.8 Å². The molecule has 0 aliphatic carbocycles. The average molecular weight is 168 g/mol. The van der Waals surface area contributed by atoms with Crippen LogP contribution in [-0.2, 0) is 6.54 Å². The van der Waals surface area contributed by atoms with Gasteiger partial charge in [0, 0.05) is 19.2 Å². The number of aromatic nitrogens is 1. The fourth-order valence-corrected chi connectivity index (χ4v) is 1.50. The van der Waals surface area contributed by atoms with E-state index in [4.69, 9.17) is 4.52 Å². The summed E-state index contributed by atoms with van der Waals surface area (Å²) >= 11 is 0. The Morgan fingerprint density at radius 2 is 2.67 bits per heavy atom. The highest BCUT2D eigenvalue weighted by atomic mass is 16.5. The third-order valence-corrected chi connectivity index (χ3v) is 2.12.